The molecular weight excluding hydrogens is 447 g/mol. The molecule has 0 radical (unpaired) electrons. The van der Waals surface area contributed by atoms with E-state index < -0.39 is 15.7 Å². The van der Waals surface area contributed by atoms with Crippen LogP contribution >= 0.6 is 0 Å². The Hall–Kier alpha value is -3.01. The number of hydrogen-bond acceptors (Lipinski definition) is 6. The molecule has 1 aliphatic rings. The van der Waals surface area contributed by atoms with Gasteiger partial charge < -0.3 is 14.5 Å². The maximum absolute atomic E-state index is 13.9. The standard InChI is InChI=1S/C24H25FN2O5S/c25-20-6-4-5-18(15-20)22(27-10-13-31-14-11-27)16-26-24(28)23-19(9-12-32-23)17-33(29,30)21-7-2-1-3-8-21/h1-9,12,15,22H,10-11,13-14,16-17H2,(H,26,28). The minimum atomic E-state index is -3.64. The number of rotatable bonds is 8. The number of hydrogen-bond donors (Lipinski definition) is 1. The molecule has 33 heavy (non-hydrogen) atoms. The van der Waals surface area contributed by atoms with Crippen molar-refractivity contribution in [2.45, 2.75) is 16.7 Å². The predicted molar refractivity (Wildman–Crippen MR) is 120 cm³/mol. The second-order valence-corrected chi connectivity index (χ2v) is 9.77. The molecule has 2 aromatic carbocycles. The first kappa shape index (κ1) is 23.2. The highest BCUT2D eigenvalue weighted by Gasteiger charge is 2.26. The molecule has 1 saturated heterocycles. The van der Waals surface area contributed by atoms with Crippen LogP contribution in [0.1, 0.15) is 27.7 Å². The summed E-state index contributed by atoms with van der Waals surface area (Å²) >= 11 is 0. The number of furan rings is 1. The Morgan fingerprint density at radius 3 is 2.55 bits per heavy atom. The Bertz CT molecular complexity index is 1190. The van der Waals surface area contributed by atoms with Crippen molar-refractivity contribution in [3.05, 3.63) is 89.6 Å². The zero-order valence-electron chi connectivity index (χ0n) is 17.9. The summed E-state index contributed by atoms with van der Waals surface area (Å²) in [4.78, 5) is 15.2. The monoisotopic (exact) mass is 472 g/mol. The van der Waals surface area contributed by atoms with Gasteiger partial charge in [0.25, 0.3) is 5.91 Å². The fourth-order valence-corrected chi connectivity index (χ4v) is 5.27. The lowest BCUT2D eigenvalue weighted by molar-refractivity contribution is 0.0161. The third kappa shape index (κ3) is 5.68. The summed E-state index contributed by atoms with van der Waals surface area (Å²) in [5, 5.41) is 2.83. The number of nitrogens with zero attached hydrogens (tertiary/aromatic N) is 1. The molecule has 0 bridgehead atoms. The topological polar surface area (TPSA) is 88.8 Å². The smallest absolute Gasteiger partial charge is 0.287 e. The summed E-state index contributed by atoms with van der Waals surface area (Å²) in [5.74, 6) is -1.27. The van der Waals surface area contributed by atoms with Crippen molar-refractivity contribution >= 4 is 15.7 Å². The zero-order valence-corrected chi connectivity index (χ0v) is 18.8. The average molecular weight is 473 g/mol. The quantitative estimate of drug-likeness (QED) is 0.542. The molecule has 1 aromatic heterocycles. The van der Waals surface area contributed by atoms with Gasteiger partial charge in [-0.05, 0) is 35.9 Å². The molecule has 1 amide bonds. The summed E-state index contributed by atoms with van der Waals surface area (Å²) in [6.45, 7) is 2.61. The molecule has 7 nitrogen and oxygen atoms in total. The van der Waals surface area contributed by atoms with Crippen LogP contribution in [0.5, 0.6) is 0 Å². The van der Waals surface area contributed by atoms with Crippen LogP contribution in [0.3, 0.4) is 0 Å². The van der Waals surface area contributed by atoms with E-state index in [0.29, 0.717) is 26.3 Å². The predicted octanol–water partition coefficient (Wildman–Crippen LogP) is 3.20. The Labute approximate surface area is 192 Å². The molecule has 174 valence electrons. The SMILES string of the molecule is O=C(NCC(c1cccc(F)c1)N1CCOCC1)c1occc1CS(=O)(=O)c1ccccc1. The minimum Gasteiger partial charge on any atom is -0.459 e. The van der Waals surface area contributed by atoms with E-state index in [1.165, 1.54) is 36.6 Å². The number of morpholine rings is 1. The number of carbonyl (C=O) groups excluding carboxylic acids is 1. The van der Waals surface area contributed by atoms with Gasteiger partial charge in [0.15, 0.2) is 15.6 Å². The molecular formula is C24H25FN2O5S. The lowest BCUT2D eigenvalue weighted by atomic mass is 10.0. The van der Waals surface area contributed by atoms with Crippen molar-refractivity contribution < 1.29 is 26.8 Å². The molecule has 2 heterocycles. The lowest BCUT2D eigenvalue weighted by Crippen LogP contribution is -2.43. The number of amides is 1. The van der Waals surface area contributed by atoms with E-state index in [0.717, 1.165) is 5.56 Å². The number of nitrogens with one attached hydrogen (secondary N) is 1. The van der Waals surface area contributed by atoms with E-state index in [1.807, 2.05) is 6.07 Å². The second kappa shape index (κ2) is 10.3. The van der Waals surface area contributed by atoms with Gasteiger partial charge in [0, 0.05) is 25.2 Å². The zero-order chi connectivity index (χ0) is 23.3. The van der Waals surface area contributed by atoms with Crippen LogP contribution < -0.4 is 5.32 Å². The van der Waals surface area contributed by atoms with Crippen molar-refractivity contribution in [3.8, 4) is 0 Å². The third-order valence-electron chi connectivity index (χ3n) is 5.58. The van der Waals surface area contributed by atoms with Crippen molar-refractivity contribution in [3.63, 3.8) is 0 Å². The number of ether oxygens (including phenoxy) is 1. The maximum atomic E-state index is 13.9. The first-order chi connectivity index (χ1) is 15.9. The minimum absolute atomic E-state index is 0.0468. The number of sulfone groups is 1. The fourth-order valence-electron chi connectivity index (χ4n) is 3.89. The highest BCUT2D eigenvalue weighted by atomic mass is 32.2. The summed E-state index contributed by atoms with van der Waals surface area (Å²) < 4.78 is 50.1. The van der Waals surface area contributed by atoms with Gasteiger partial charge in [-0.25, -0.2) is 12.8 Å². The van der Waals surface area contributed by atoms with Crippen LogP contribution in [0.4, 0.5) is 4.39 Å². The molecule has 3 aromatic rings. The molecule has 4 rings (SSSR count). The van der Waals surface area contributed by atoms with Crippen LogP contribution in [-0.4, -0.2) is 52.1 Å². The average Bonchev–Trinajstić information content (AvgIpc) is 3.28. The number of benzene rings is 2. The van der Waals surface area contributed by atoms with Gasteiger partial charge in [-0.1, -0.05) is 30.3 Å². The van der Waals surface area contributed by atoms with Gasteiger partial charge in [-0.2, -0.15) is 0 Å². The number of carbonyl (C=O) groups is 1. The van der Waals surface area contributed by atoms with Gasteiger partial charge in [0.05, 0.1) is 36.2 Å². The highest BCUT2D eigenvalue weighted by Crippen LogP contribution is 2.23. The molecule has 1 N–H and O–H groups in total. The van der Waals surface area contributed by atoms with Crippen LogP contribution in [0.25, 0.3) is 0 Å². The van der Waals surface area contributed by atoms with Crippen LogP contribution in [0, 0.1) is 5.82 Å². The van der Waals surface area contributed by atoms with E-state index in [9.17, 15) is 17.6 Å². The molecule has 1 unspecified atom stereocenters. The molecule has 1 fully saturated rings. The van der Waals surface area contributed by atoms with Crippen LogP contribution in [0.15, 0.2) is 76.2 Å². The first-order valence-corrected chi connectivity index (χ1v) is 12.3. The molecule has 1 atom stereocenters. The van der Waals surface area contributed by atoms with Crippen molar-refractivity contribution in [2.24, 2.45) is 0 Å². The molecule has 1 aliphatic heterocycles. The number of halogens is 1. The summed E-state index contributed by atoms with van der Waals surface area (Å²) in [7, 11) is -3.64. The third-order valence-corrected chi connectivity index (χ3v) is 7.26. The molecule has 0 aliphatic carbocycles. The Kier molecular flexibility index (Phi) is 7.22. The highest BCUT2D eigenvalue weighted by molar-refractivity contribution is 7.90. The second-order valence-electron chi connectivity index (χ2n) is 7.78. The van der Waals surface area contributed by atoms with Crippen LogP contribution in [-0.2, 0) is 20.3 Å². The van der Waals surface area contributed by atoms with Crippen LogP contribution in [0.2, 0.25) is 0 Å². The Balaban J connectivity index is 1.49. The summed E-state index contributed by atoms with van der Waals surface area (Å²) in [5.41, 5.74) is 1.02. The molecule has 0 spiro atoms. The van der Waals surface area contributed by atoms with E-state index >= 15 is 0 Å². The Morgan fingerprint density at radius 2 is 1.82 bits per heavy atom. The van der Waals surface area contributed by atoms with Gasteiger partial charge in [-0.3, -0.25) is 9.69 Å². The fraction of sp³-hybridized carbons (Fsp3) is 0.292. The van der Waals surface area contributed by atoms with Gasteiger partial charge in [0.2, 0.25) is 0 Å². The normalized spacial score (nSPS) is 15.8. The van der Waals surface area contributed by atoms with Gasteiger partial charge in [-0.15, -0.1) is 0 Å². The molecule has 9 heteroatoms. The van der Waals surface area contributed by atoms with Gasteiger partial charge >= 0.3 is 0 Å². The van der Waals surface area contributed by atoms with E-state index in [2.05, 4.69) is 10.2 Å². The van der Waals surface area contributed by atoms with E-state index in [1.54, 1.807) is 24.3 Å². The largest absolute Gasteiger partial charge is 0.459 e. The molecule has 0 saturated carbocycles. The Morgan fingerprint density at radius 1 is 1.06 bits per heavy atom. The maximum Gasteiger partial charge on any atom is 0.287 e. The van der Waals surface area contributed by atoms with Crippen molar-refractivity contribution in [2.75, 3.05) is 32.8 Å². The van der Waals surface area contributed by atoms with E-state index in [-0.39, 0.29) is 40.4 Å². The van der Waals surface area contributed by atoms with Crippen molar-refractivity contribution in [1.29, 1.82) is 0 Å². The lowest BCUT2D eigenvalue weighted by Gasteiger charge is -2.34. The van der Waals surface area contributed by atoms with E-state index in [4.69, 9.17) is 9.15 Å². The summed E-state index contributed by atoms with van der Waals surface area (Å²) in [6.07, 6.45) is 1.30. The first-order valence-electron chi connectivity index (χ1n) is 10.6. The summed E-state index contributed by atoms with van der Waals surface area (Å²) in [6, 6.07) is 15.6. The van der Waals surface area contributed by atoms with Crippen molar-refractivity contribution in [1.82, 2.24) is 10.2 Å². The van der Waals surface area contributed by atoms with Gasteiger partial charge in [0.1, 0.15) is 5.82 Å².